The van der Waals surface area contributed by atoms with Gasteiger partial charge in [-0.3, -0.25) is 4.79 Å². The van der Waals surface area contributed by atoms with Crippen molar-refractivity contribution >= 4 is 5.91 Å². The van der Waals surface area contributed by atoms with Gasteiger partial charge in [0.2, 0.25) is 6.17 Å². The summed E-state index contributed by atoms with van der Waals surface area (Å²) in [6.45, 7) is 1.20. The number of nitrogens with one attached hydrogen (secondary N) is 1. The number of unbranched alkanes of at least 4 members (excludes halogenated alkanes) is 3. The van der Waals surface area contributed by atoms with Crippen molar-refractivity contribution in [2.45, 2.75) is 44.7 Å². The molecule has 0 fully saturated rings. The Morgan fingerprint density at radius 1 is 1.45 bits per heavy atom. The minimum Gasteiger partial charge on any atom is -0.501 e. The van der Waals surface area contributed by atoms with E-state index < -0.39 is 12.1 Å². The van der Waals surface area contributed by atoms with Crippen molar-refractivity contribution in [2.24, 2.45) is 5.73 Å². The van der Waals surface area contributed by atoms with Crippen LogP contribution in [0.1, 0.15) is 38.5 Å². The maximum atomic E-state index is 14.1. The number of hydrogen-bond acceptors (Lipinski definition) is 3. The second-order valence-electron chi connectivity index (χ2n) is 4.88. The first-order valence-corrected chi connectivity index (χ1v) is 7.26. The Balaban J connectivity index is 2.35. The van der Waals surface area contributed by atoms with Crippen LogP contribution in [0.15, 0.2) is 23.5 Å². The monoisotopic (exact) mass is 284 g/mol. The van der Waals surface area contributed by atoms with E-state index >= 15 is 0 Å². The van der Waals surface area contributed by atoms with Gasteiger partial charge in [0.05, 0.1) is 7.11 Å². The highest BCUT2D eigenvalue weighted by atomic mass is 19.1. The van der Waals surface area contributed by atoms with Crippen LogP contribution in [-0.4, -0.2) is 32.3 Å². The lowest BCUT2D eigenvalue weighted by Gasteiger charge is -2.17. The molecule has 3 N–H and O–H groups in total. The Morgan fingerprint density at radius 2 is 2.20 bits per heavy atom. The predicted molar refractivity (Wildman–Crippen MR) is 77.8 cm³/mol. The first-order chi connectivity index (χ1) is 9.70. The summed E-state index contributed by atoms with van der Waals surface area (Å²) >= 11 is 0. The van der Waals surface area contributed by atoms with Crippen molar-refractivity contribution in [1.82, 2.24) is 5.32 Å². The van der Waals surface area contributed by atoms with Crippen molar-refractivity contribution in [3.63, 3.8) is 0 Å². The molecule has 5 heteroatoms. The van der Waals surface area contributed by atoms with E-state index in [9.17, 15) is 9.18 Å². The van der Waals surface area contributed by atoms with Crippen molar-refractivity contribution in [3.05, 3.63) is 23.5 Å². The van der Waals surface area contributed by atoms with E-state index in [1.165, 1.54) is 7.11 Å². The Bertz CT molecular complexity index is 367. The fourth-order valence-corrected chi connectivity index (χ4v) is 2.17. The number of allylic oxidation sites excluding steroid dienone is 3. The van der Waals surface area contributed by atoms with Gasteiger partial charge < -0.3 is 15.8 Å². The number of rotatable bonds is 9. The van der Waals surface area contributed by atoms with Gasteiger partial charge in [-0.05, 0) is 25.8 Å². The lowest BCUT2D eigenvalue weighted by molar-refractivity contribution is -0.124. The van der Waals surface area contributed by atoms with Crippen LogP contribution in [0.4, 0.5) is 4.39 Å². The van der Waals surface area contributed by atoms with Crippen LogP contribution in [0, 0.1) is 0 Å². The Labute approximate surface area is 120 Å². The Morgan fingerprint density at radius 3 is 2.90 bits per heavy atom. The number of hydrogen-bond donors (Lipinski definition) is 2. The molecule has 0 spiro atoms. The van der Waals surface area contributed by atoms with Crippen LogP contribution in [0.3, 0.4) is 0 Å². The van der Waals surface area contributed by atoms with Crippen LogP contribution in [0.25, 0.3) is 0 Å². The number of amides is 1. The van der Waals surface area contributed by atoms with Gasteiger partial charge in [-0.25, -0.2) is 4.39 Å². The second kappa shape index (κ2) is 9.53. The molecule has 1 amide bonds. The smallest absolute Gasteiger partial charge is 0.259 e. The molecule has 1 atom stereocenters. The maximum Gasteiger partial charge on any atom is 0.259 e. The van der Waals surface area contributed by atoms with E-state index in [0.717, 1.165) is 32.1 Å². The standard InChI is InChI=1S/C15H25FN2O2/c1-20-13-9-5-4-8-12(13)14(16)15(19)18-11-7-3-2-6-10-17/h4,8,14H,2-3,5-7,9-11,17H2,1H3,(H,18,19). The summed E-state index contributed by atoms with van der Waals surface area (Å²) in [4.78, 5) is 11.8. The molecule has 20 heavy (non-hydrogen) atoms. The summed E-state index contributed by atoms with van der Waals surface area (Å²) in [7, 11) is 1.51. The van der Waals surface area contributed by atoms with Gasteiger partial charge in [0.25, 0.3) is 5.91 Å². The summed E-state index contributed by atoms with van der Waals surface area (Å²) < 4.78 is 19.3. The molecule has 4 nitrogen and oxygen atoms in total. The van der Waals surface area contributed by atoms with E-state index in [0.29, 0.717) is 30.8 Å². The third-order valence-corrected chi connectivity index (χ3v) is 3.34. The zero-order chi connectivity index (χ0) is 14.8. The molecule has 0 saturated carbocycles. The van der Waals surface area contributed by atoms with Gasteiger partial charge in [-0.1, -0.05) is 25.0 Å². The highest BCUT2D eigenvalue weighted by Gasteiger charge is 2.25. The predicted octanol–water partition coefficient (Wildman–Crippen LogP) is 2.21. The summed E-state index contributed by atoms with van der Waals surface area (Å²) in [5.74, 6) is -0.0157. The van der Waals surface area contributed by atoms with Crippen LogP contribution in [-0.2, 0) is 9.53 Å². The minimum atomic E-state index is -1.65. The van der Waals surface area contributed by atoms with Gasteiger partial charge in [0.15, 0.2) is 0 Å². The van der Waals surface area contributed by atoms with Crippen LogP contribution in [0.5, 0.6) is 0 Å². The SMILES string of the molecule is COC1=C(C(F)C(=O)NCCCCCCN)C=CCC1. The van der Waals surface area contributed by atoms with E-state index in [4.69, 9.17) is 10.5 Å². The van der Waals surface area contributed by atoms with E-state index in [1.54, 1.807) is 6.08 Å². The molecule has 0 aliphatic heterocycles. The van der Waals surface area contributed by atoms with Crippen molar-refractivity contribution in [2.75, 3.05) is 20.2 Å². The number of methoxy groups -OCH3 is 1. The summed E-state index contributed by atoms with van der Waals surface area (Å²) in [5, 5.41) is 2.63. The zero-order valence-electron chi connectivity index (χ0n) is 12.2. The van der Waals surface area contributed by atoms with E-state index in [2.05, 4.69) is 5.32 Å². The highest BCUT2D eigenvalue weighted by Crippen LogP contribution is 2.23. The van der Waals surface area contributed by atoms with Gasteiger partial charge >= 0.3 is 0 Å². The van der Waals surface area contributed by atoms with Crippen molar-refractivity contribution in [3.8, 4) is 0 Å². The van der Waals surface area contributed by atoms with E-state index in [-0.39, 0.29) is 0 Å². The number of halogens is 1. The fraction of sp³-hybridized carbons (Fsp3) is 0.667. The first-order valence-electron chi connectivity index (χ1n) is 7.26. The normalized spacial score (nSPS) is 16.1. The zero-order valence-corrected chi connectivity index (χ0v) is 12.2. The number of carbonyl (C=O) groups is 1. The number of ether oxygens (including phenoxy) is 1. The van der Waals surface area contributed by atoms with E-state index in [1.807, 2.05) is 6.08 Å². The van der Waals surface area contributed by atoms with Crippen molar-refractivity contribution in [1.29, 1.82) is 0 Å². The van der Waals surface area contributed by atoms with Crippen LogP contribution >= 0.6 is 0 Å². The van der Waals surface area contributed by atoms with Gasteiger partial charge in [-0.2, -0.15) is 0 Å². The molecule has 0 saturated heterocycles. The third-order valence-electron chi connectivity index (χ3n) is 3.34. The molecule has 0 radical (unpaired) electrons. The molecule has 1 unspecified atom stereocenters. The lowest BCUT2D eigenvalue weighted by Crippen LogP contribution is -2.34. The van der Waals surface area contributed by atoms with Gasteiger partial charge in [0, 0.05) is 18.5 Å². The second-order valence-corrected chi connectivity index (χ2v) is 4.88. The molecular formula is C15H25FN2O2. The minimum absolute atomic E-state index is 0.347. The fourth-order valence-electron chi connectivity index (χ4n) is 2.17. The van der Waals surface area contributed by atoms with Gasteiger partial charge in [0.1, 0.15) is 5.76 Å². The molecule has 1 aliphatic carbocycles. The Kier molecular flexibility index (Phi) is 7.95. The number of carbonyl (C=O) groups excluding carboxylic acids is 1. The molecule has 0 aromatic rings. The summed E-state index contributed by atoms with van der Waals surface area (Å²) in [6.07, 6.45) is 7.23. The number of alkyl halides is 1. The van der Waals surface area contributed by atoms with Gasteiger partial charge in [-0.15, -0.1) is 0 Å². The third kappa shape index (κ3) is 5.33. The molecule has 0 heterocycles. The molecule has 114 valence electrons. The summed E-state index contributed by atoms with van der Waals surface area (Å²) in [6, 6.07) is 0. The maximum absolute atomic E-state index is 14.1. The summed E-state index contributed by atoms with van der Waals surface area (Å²) in [5.41, 5.74) is 5.74. The molecule has 0 bridgehead atoms. The molecular weight excluding hydrogens is 259 g/mol. The Hall–Kier alpha value is -1.36. The topological polar surface area (TPSA) is 64.3 Å². The average Bonchev–Trinajstić information content (AvgIpc) is 2.49. The lowest BCUT2D eigenvalue weighted by atomic mass is 10.0. The first kappa shape index (κ1) is 16.7. The highest BCUT2D eigenvalue weighted by molar-refractivity contribution is 5.84. The quantitative estimate of drug-likeness (QED) is 0.638. The molecule has 0 aromatic heterocycles. The largest absolute Gasteiger partial charge is 0.501 e. The van der Waals surface area contributed by atoms with Crippen LogP contribution in [0.2, 0.25) is 0 Å². The molecule has 1 rings (SSSR count). The molecule has 1 aliphatic rings. The van der Waals surface area contributed by atoms with Crippen molar-refractivity contribution < 1.29 is 13.9 Å². The average molecular weight is 284 g/mol. The van der Waals surface area contributed by atoms with Crippen LogP contribution < -0.4 is 11.1 Å². The number of nitrogens with two attached hydrogens (primary N) is 1. The molecule has 0 aromatic carbocycles.